The summed E-state index contributed by atoms with van der Waals surface area (Å²) in [6.45, 7) is 0. The number of carbonyl (C=O) groups is 1. The molecule has 0 saturated heterocycles. The van der Waals surface area contributed by atoms with Crippen molar-refractivity contribution in [1.29, 1.82) is 0 Å². The molecule has 0 aliphatic heterocycles. The van der Waals surface area contributed by atoms with Gasteiger partial charge in [-0.3, -0.25) is 0 Å². The number of carboxylic acid groups (broad SMARTS) is 2. The van der Waals surface area contributed by atoms with E-state index >= 15 is 0 Å². The van der Waals surface area contributed by atoms with Gasteiger partial charge in [-0.05, 0) is 0 Å². The first-order chi connectivity index (χ1) is 3.73. The molecule has 0 aromatic rings. The van der Waals surface area contributed by atoms with Crippen LogP contribution < -0.4 is 51.4 Å². The van der Waals surface area contributed by atoms with Crippen LogP contribution in [0.25, 0.3) is 0 Å². The number of halogens is 4. The maximum Gasteiger partial charge on any atom is 2.00 e. The van der Waals surface area contributed by atoms with Crippen LogP contribution in [0.15, 0.2) is 0 Å². The molecule has 9 heteroatoms. The van der Waals surface area contributed by atoms with E-state index < -0.39 is 9.41 Å². The van der Waals surface area contributed by atoms with Crippen molar-refractivity contribution in [2.45, 2.75) is 3.25 Å². The second-order valence-electron chi connectivity index (χ2n) is 0.711. The van der Waals surface area contributed by atoms with E-state index in [1.165, 1.54) is 0 Å². The quantitative estimate of drug-likeness (QED) is 0.478. The van der Waals surface area contributed by atoms with E-state index in [1.807, 2.05) is 0 Å². The minimum atomic E-state index is -1.83. The van der Waals surface area contributed by atoms with Crippen molar-refractivity contribution >= 4 is 90.3 Å². The van der Waals surface area contributed by atoms with E-state index in [4.69, 9.17) is 61.4 Å². The number of rotatable bonds is 0. The molecule has 2 N–H and O–H groups in total. The predicted molar refractivity (Wildman–Crippen MR) is 45.9 cm³/mol. The van der Waals surface area contributed by atoms with Gasteiger partial charge in [0, 0.05) is 0 Å². The van der Waals surface area contributed by atoms with Crippen molar-refractivity contribution in [2.24, 2.45) is 0 Å². The molecule has 0 fully saturated rings. The first-order valence-electron chi connectivity index (χ1n) is 1.41. The van der Waals surface area contributed by atoms with Crippen molar-refractivity contribution in [3.63, 3.8) is 0 Å². The second-order valence-corrected chi connectivity index (χ2v) is 4.14. The van der Waals surface area contributed by atoms with Crippen LogP contribution in [0.4, 0.5) is 4.79 Å². The molecule has 0 unspecified atom stereocenters. The Labute approximate surface area is 161 Å². The Morgan fingerprint density at radius 3 is 1.18 bits per heavy atom. The van der Waals surface area contributed by atoms with Gasteiger partial charge in [0.15, 0.2) is 0 Å². The van der Waals surface area contributed by atoms with Crippen LogP contribution in [0.5, 0.6) is 0 Å². The van der Waals surface area contributed by atoms with Gasteiger partial charge >= 0.3 is 95.3 Å². The molecular formula is C2H5CaCl4KO3. The summed E-state index contributed by atoms with van der Waals surface area (Å²) < 4.78 is -1.61. The third kappa shape index (κ3) is 155. The molecule has 3 nitrogen and oxygen atoms in total. The molecule has 0 aliphatic rings. The molecule has 0 heterocycles. The van der Waals surface area contributed by atoms with Gasteiger partial charge in [0.1, 0.15) is 0 Å². The van der Waals surface area contributed by atoms with Gasteiger partial charge in [-0.25, -0.2) is 4.79 Å². The Bertz CT molecular complexity index is 96.3. The minimum absolute atomic E-state index is 0. The van der Waals surface area contributed by atoms with Crippen LogP contribution in [-0.2, 0) is 0 Å². The zero-order valence-corrected chi connectivity index (χ0v) is 13.9. The van der Waals surface area contributed by atoms with E-state index in [0.717, 1.165) is 0 Å². The average molecular weight is 298 g/mol. The molecule has 0 rings (SSSR count). The van der Waals surface area contributed by atoms with Gasteiger partial charge in [-0.1, -0.05) is 46.4 Å². The molecule has 0 radical (unpaired) electrons. The summed E-state index contributed by atoms with van der Waals surface area (Å²) in [5, 5.41) is 13.9. The maximum atomic E-state index is 8.56. The van der Waals surface area contributed by atoms with Crippen LogP contribution in [0, 0.1) is 0 Å². The van der Waals surface area contributed by atoms with E-state index in [-0.39, 0.29) is 93.4 Å². The van der Waals surface area contributed by atoms with Gasteiger partial charge in [-0.2, -0.15) is 0 Å². The summed E-state index contributed by atoms with van der Waals surface area (Å²) in [6.07, 6.45) is -1.83. The Morgan fingerprint density at radius 1 is 1.18 bits per heavy atom. The van der Waals surface area contributed by atoms with Gasteiger partial charge in [0.05, 0.1) is 0 Å². The topological polar surface area (TPSA) is 57.5 Å². The third-order valence-electron chi connectivity index (χ3n) is 0. The molecule has 0 aliphatic carbocycles. The zero-order valence-electron chi connectivity index (χ0n) is 8.52. The second kappa shape index (κ2) is 13.3. The van der Waals surface area contributed by atoms with Crippen LogP contribution in [0.1, 0.15) is 4.28 Å². The summed E-state index contributed by atoms with van der Waals surface area (Å²) in [7, 11) is 0. The average Bonchev–Trinajstić information content (AvgIpc) is 1.19. The maximum absolute atomic E-state index is 8.56. The van der Waals surface area contributed by atoms with Crippen molar-refractivity contribution in [3.05, 3.63) is 0 Å². The fourth-order valence-corrected chi connectivity index (χ4v) is 0. The molecule has 0 spiro atoms. The smallest absolute Gasteiger partial charge is 1.00 e. The minimum Gasteiger partial charge on any atom is -1.00 e. The molecule has 0 atom stereocenters. The SMILES string of the molecule is ClC(Cl)(Cl)Cl.O=C(O)O.[Ca+2].[H-].[H-].[H-].[K+]. The first kappa shape index (κ1) is 23.9. The van der Waals surface area contributed by atoms with Gasteiger partial charge < -0.3 is 14.5 Å². The van der Waals surface area contributed by atoms with Gasteiger partial charge in [0.2, 0.25) is 0 Å². The molecule has 0 saturated carbocycles. The molecule has 0 aromatic heterocycles. The Morgan fingerprint density at radius 2 is 1.18 bits per heavy atom. The Hall–Kier alpha value is 3.33. The standard InChI is InChI=1S/CCl4.CH2O3.Ca.K.3H/c2-1(3,4)5;2-1(3)4;;;;;/h;(H2,2,3,4);;;;;/q;;+2;+1;3*-1. The van der Waals surface area contributed by atoms with E-state index in [1.54, 1.807) is 0 Å². The first-order valence-corrected chi connectivity index (χ1v) is 2.92. The normalized spacial score (nSPS) is 7.64. The molecule has 0 aromatic carbocycles. The monoisotopic (exact) mass is 296 g/mol. The molecule has 0 bridgehead atoms. The molecular weight excluding hydrogens is 293 g/mol. The summed E-state index contributed by atoms with van der Waals surface area (Å²) in [5.74, 6) is 0. The summed E-state index contributed by atoms with van der Waals surface area (Å²) in [6, 6.07) is 0. The van der Waals surface area contributed by atoms with Crippen LogP contribution in [0.2, 0.25) is 0 Å². The third-order valence-corrected chi connectivity index (χ3v) is 0. The number of hydrogen-bond donors (Lipinski definition) is 2. The Kier molecular flexibility index (Phi) is 28.9. The van der Waals surface area contributed by atoms with E-state index in [9.17, 15) is 0 Å². The van der Waals surface area contributed by atoms with E-state index in [2.05, 4.69) is 0 Å². The van der Waals surface area contributed by atoms with Crippen molar-refractivity contribution in [3.8, 4) is 0 Å². The van der Waals surface area contributed by atoms with Crippen LogP contribution >= 0.6 is 46.4 Å². The molecule has 62 valence electrons. The summed E-state index contributed by atoms with van der Waals surface area (Å²) >= 11 is 19.3. The number of hydrogen-bond acceptors (Lipinski definition) is 1. The largest absolute Gasteiger partial charge is 2.00 e. The summed E-state index contributed by atoms with van der Waals surface area (Å²) in [4.78, 5) is 8.56. The molecule has 0 amide bonds. The zero-order chi connectivity index (χ0) is 8.08. The van der Waals surface area contributed by atoms with Gasteiger partial charge in [0.25, 0.3) is 3.25 Å². The Balaban J connectivity index is -0.0000000104. The van der Waals surface area contributed by atoms with Crippen LogP contribution in [-0.4, -0.2) is 57.4 Å². The van der Waals surface area contributed by atoms with Gasteiger partial charge in [-0.15, -0.1) is 0 Å². The predicted octanol–water partition coefficient (Wildman–Crippen LogP) is -0.264. The van der Waals surface area contributed by atoms with Crippen molar-refractivity contribution < 1.29 is 70.7 Å². The molecule has 11 heavy (non-hydrogen) atoms. The van der Waals surface area contributed by atoms with Crippen molar-refractivity contribution in [2.75, 3.05) is 0 Å². The van der Waals surface area contributed by atoms with E-state index in [0.29, 0.717) is 0 Å². The fraction of sp³-hybridized carbons (Fsp3) is 0.500. The van der Waals surface area contributed by atoms with Crippen LogP contribution in [0.3, 0.4) is 0 Å². The fourth-order valence-electron chi connectivity index (χ4n) is 0. The summed E-state index contributed by atoms with van der Waals surface area (Å²) in [5.41, 5.74) is 0. The van der Waals surface area contributed by atoms with Crippen molar-refractivity contribution in [1.82, 2.24) is 0 Å². The number of alkyl halides is 4.